The molecular formula is C26H16N4O3. The van der Waals surface area contributed by atoms with Gasteiger partial charge in [0, 0.05) is 34.6 Å². The lowest BCUT2D eigenvalue weighted by molar-refractivity contribution is 0.0697. The van der Waals surface area contributed by atoms with Crippen LogP contribution in [0.25, 0.3) is 50.0 Å². The number of pyridine rings is 1. The fourth-order valence-corrected chi connectivity index (χ4v) is 4.04. The molecule has 7 heteroatoms. The lowest BCUT2D eigenvalue weighted by Crippen LogP contribution is -1.95. The van der Waals surface area contributed by atoms with Gasteiger partial charge in [0.2, 0.25) is 0 Å². The molecule has 0 amide bonds. The Morgan fingerprint density at radius 3 is 2.36 bits per heavy atom. The van der Waals surface area contributed by atoms with Crippen molar-refractivity contribution in [1.82, 2.24) is 19.9 Å². The van der Waals surface area contributed by atoms with Crippen LogP contribution in [0.3, 0.4) is 0 Å². The normalized spacial score (nSPS) is 11.3. The molecule has 0 unspecified atom stereocenters. The van der Waals surface area contributed by atoms with Crippen molar-refractivity contribution < 1.29 is 14.5 Å². The van der Waals surface area contributed by atoms with E-state index in [2.05, 4.69) is 27.1 Å². The summed E-state index contributed by atoms with van der Waals surface area (Å²) in [6, 6.07) is 24.7. The second-order valence-corrected chi connectivity index (χ2v) is 7.69. The standard InChI is InChI=1S/C26H16N4O3/c31-26(32)17-8-6-16(7-9-17)19-12-21-22(18-10-11-23-24(13-18)29-33-28-23)15-30(25(21)27-14-19)20-4-2-1-3-5-20/h1-15H,(H,31,32). The zero-order valence-electron chi connectivity index (χ0n) is 17.2. The molecule has 6 rings (SSSR count). The first-order valence-electron chi connectivity index (χ1n) is 10.3. The molecule has 0 saturated heterocycles. The molecule has 1 N–H and O–H groups in total. The van der Waals surface area contributed by atoms with Crippen molar-refractivity contribution in [2.45, 2.75) is 0 Å². The highest BCUT2D eigenvalue weighted by Gasteiger charge is 2.15. The van der Waals surface area contributed by atoms with Gasteiger partial charge in [0.15, 0.2) is 0 Å². The zero-order valence-corrected chi connectivity index (χ0v) is 17.2. The van der Waals surface area contributed by atoms with Gasteiger partial charge in [-0.25, -0.2) is 14.4 Å². The van der Waals surface area contributed by atoms with Crippen molar-refractivity contribution in [2.24, 2.45) is 0 Å². The summed E-state index contributed by atoms with van der Waals surface area (Å²) in [4.78, 5) is 16.0. The van der Waals surface area contributed by atoms with Crippen LogP contribution in [0.4, 0.5) is 0 Å². The van der Waals surface area contributed by atoms with Gasteiger partial charge < -0.3 is 9.67 Å². The topological polar surface area (TPSA) is 94.0 Å². The van der Waals surface area contributed by atoms with Gasteiger partial charge in [-0.15, -0.1) is 0 Å². The lowest BCUT2D eigenvalue weighted by Gasteiger charge is -2.06. The first kappa shape index (κ1) is 18.9. The second kappa shape index (κ2) is 7.42. The summed E-state index contributed by atoms with van der Waals surface area (Å²) in [5.74, 6) is -0.949. The Morgan fingerprint density at radius 2 is 1.58 bits per heavy atom. The third-order valence-corrected chi connectivity index (χ3v) is 5.71. The third-order valence-electron chi connectivity index (χ3n) is 5.71. The van der Waals surface area contributed by atoms with E-state index >= 15 is 0 Å². The van der Waals surface area contributed by atoms with Gasteiger partial charge in [0.1, 0.15) is 16.7 Å². The number of carbonyl (C=O) groups is 1. The van der Waals surface area contributed by atoms with E-state index in [1.807, 2.05) is 54.7 Å². The summed E-state index contributed by atoms with van der Waals surface area (Å²) < 4.78 is 6.92. The monoisotopic (exact) mass is 432 g/mol. The van der Waals surface area contributed by atoms with Crippen molar-refractivity contribution in [1.29, 1.82) is 0 Å². The highest BCUT2D eigenvalue weighted by Crippen LogP contribution is 2.35. The van der Waals surface area contributed by atoms with Gasteiger partial charge >= 0.3 is 5.97 Å². The average Bonchev–Trinajstić information content (AvgIpc) is 3.48. The average molecular weight is 432 g/mol. The number of carboxylic acids is 1. The van der Waals surface area contributed by atoms with Crippen LogP contribution in [-0.2, 0) is 0 Å². The first-order chi connectivity index (χ1) is 16.2. The second-order valence-electron chi connectivity index (χ2n) is 7.69. The molecule has 0 saturated carbocycles. The Balaban J connectivity index is 1.57. The summed E-state index contributed by atoms with van der Waals surface area (Å²) in [7, 11) is 0. The molecule has 33 heavy (non-hydrogen) atoms. The molecule has 0 spiro atoms. The number of carboxylic acid groups (broad SMARTS) is 1. The van der Waals surface area contributed by atoms with E-state index in [1.54, 1.807) is 24.3 Å². The van der Waals surface area contributed by atoms with Gasteiger partial charge in [-0.1, -0.05) is 36.4 Å². The summed E-state index contributed by atoms with van der Waals surface area (Å²) in [6.07, 6.45) is 3.88. The third kappa shape index (κ3) is 3.23. The zero-order chi connectivity index (χ0) is 22.4. The molecule has 7 nitrogen and oxygen atoms in total. The smallest absolute Gasteiger partial charge is 0.335 e. The maximum atomic E-state index is 11.2. The van der Waals surface area contributed by atoms with Crippen molar-refractivity contribution in [3.63, 3.8) is 0 Å². The molecule has 0 bridgehead atoms. The molecule has 3 heterocycles. The Kier molecular flexibility index (Phi) is 4.26. The SMILES string of the molecule is O=C(O)c1ccc(-c2cnc3c(c2)c(-c2ccc4nonc4c2)cn3-c2ccccc2)cc1. The van der Waals surface area contributed by atoms with Crippen LogP contribution in [-0.4, -0.2) is 30.9 Å². The molecule has 0 aliphatic carbocycles. The minimum atomic E-state index is -0.949. The number of benzene rings is 3. The Hall–Kier alpha value is -4.78. The van der Waals surface area contributed by atoms with Crippen molar-refractivity contribution in [3.05, 3.63) is 96.8 Å². The quantitative estimate of drug-likeness (QED) is 0.390. The molecule has 0 fully saturated rings. The van der Waals surface area contributed by atoms with Crippen LogP contribution in [0.5, 0.6) is 0 Å². The number of nitrogens with zero attached hydrogens (tertiary/aromatic N) is 4. The molecule has 0 radical (unpaired) electrons. The Morgan fingerprint density at radius 1 is 0.818 bits per heavy atom. The van der Waals surface area contributed by atoms with Crippen LogP contribution >= 0.6 is 0 Å². The Bertz CT molecular complexity index is 1630. The minimum Gasteiger partial charge on any atom is -0.478 e. The highest BCUT2D eigenvalue weighted by molar-refractivity contribution is 5.99. The van der Waals surface area contributed by atoms with Gasteiger partial charge in [0.25, 0.3) is 0 Å². The van der Waals surface area contributed by atoms with Gasteiger partial charge in [-0.05, 0) is 63.9 Å². The number of hydrogen-bond acceptors (Lipinski definition) is 5. The number of fused-ring (bicyclic) bond motifs is 2. The van der Waals surface area contributed by atoms with Crippen molar-refractivity contribution in [2.75, 3.05) is 0 Å². The van der Waals surface area contributed by atoms with Crippen LogP contribution in [0.2, 0.25) is 0 Å². The van der Waals surface area contributed by atoms with Crippen molar-refractivity contribution in [3.8, 4) is 27.9 Å². The summed E-state index contributed by atoms with van der Waals surface area (Å²) in [5, 5.41) is 18.0. The van der Waals surface area contributed by atoms with E-state index in [0.29, 0.717) is 11.0 Å². The summed E-state index contributed by atoms with van der Waals surface area (Å²) >= 11 is 0. The van der Waals surface area contributed by atoms with Gasteiger partial charge in [0.05, 0.1) is 5.56 Å². The summed E-state index contributed by atoms with van der Waals surface area (Å²) in [6.45, 7) is 0. The van der Waals surface area contributed by atoms with E-state index in [1.165, 1.54) is 0 Å². The molecule has 3 aromatic heterocycles. The van der Waals surface area contributed by atoms with E-state index in [-0.39, 0.29) is 5.56 Å². The molecule has 6 aromatic rings. The highest BCUT2D eigenvalue weighted by atomic mass is 16.6. The van der Waals surface area contributed by atoms with E-state index in [4.69, 9.17) is 9.61 Å². The van der Waals surface area contributed by atoms with Crippen LogP contribution < -0.4 is 0 Å². The van der Waals surface area contributed by atoms with E-state index < -0.39 is 5.97 Å². The Labute approximate surface area is 187 Å². The van der Waals surface area contributed by atoms with Crippen LogP contribution in [0, 0.1) is 0 Å². The molecular weight excluding hydrogens is 416 g/mol. The van der Waals surface area contributed by atoms with Crippen LogP contribution in [0.1, 0.15) is 10.4 Å². The van der Waals surface area contributed by atoms with Crippen LogP contribution in [0.15, 0.2) is 95.9 Å². The first-order valence-corrected chi connectivity index (χ1v) is 10.3. The lowest BCUT2D eigenvalue weighted by atomic mass is 10.0. The largest absolute Gasteiger partial charge is 0.478 e. The van der Waals surface area contributed by atoms with Crippen molar-refractivity contribution >= 4 is 28.0 Å². The fraction of sp³-hybridized carbons (Fsp3) is 0. The van der Waals surface area contributed by atoms with E-state index in [9.17, 15) is 9.90 Å². The molecule has 3 aromatic carbocycles. The fourth-order valence-electron chi connectivity index (χ4n) is 4.04. The van der Waals surface area contributed by atoms with Gasteiger partial charge in [-0.2, -0.15) is 0 Å². The number of aromatic nitrogens is 4. The number of aromatic carboxylic acids is 1. The summed E-state index contributed by atoms with van der Waals surface area (Å²) in [5.41, 5.74) is 7.21. The van der Waals surface area contributed by atoms with Gasteiger partial charge in [-0.3, -0.25) is 0 Å². The molecule has 0 aliphatic rings. The minimum absolute atomic E-state index is 0.248. The molecule has 0 aliphatic heterocycles. The predicted molar refractivity (Wildman–Crippen MR) is 124 cm³/mol. The van der Waals surface area contributed by atoms with E-state index in [0.717, 1.165) is 39.0 Å². The number of hydrogen-bond donors (Lipinski definition) is 1. The molecule has 0 atom stereocenters. The number of para-hydroxylation sites is 1. The number of rotatable bonds is 4. The predicted octanol–water partition coefficient (Wildman–Crippen LogP) is 5.59. The molecule has 158 valence electrons. The maximum absolute atomic E-state index is 11.2. The maximum Gasteiger partial charge on any atom is 0.335 e.